The highest BCUT2D eigenvalue weighted by atomic mass is 32.1. The van der Waals surface area contributed by atoms with Gasteiger partial charge in [-0.25, -0.2) is 9.78 Å². The first-order chi connectivity index (χ1) is 11.8. The Kier molecular flexibility index (Phi) is 3.72. The number of amides is 2. The van der Waals surface area contributed by atoms with Crippen molar-refractivity contribution in [3.05, 3.63) is 72.4 Å². The van der Waals surface area contributed by atoms with Gasteiger partial charge in [0.25, 0.3) is 0 Å². The van der Waals surface area contributed by atoms with Gasteiger partial charge in [0, 0.05) is 23.6 Å². The van der Waals surface area contributed by atoms with Crippen molar-refractivity contribution >= 4 is 33.7 Å². The molecule has 0 aliphatic heterocycles. The van der Waals surface area contributed by atoms with Gasteiger partial charge in [0.05, 0.1) is 10.7 Å². The van der Waals surface area contributed by atoms with E-state index in [0.717, 1.165) is 27.6 Å². The summed E-state index contributed by atoms with van der Waals surface area (Å²) in [5.41, 5.74) is 3.43. The maximum absolute atomic E-state index is 12.0. The summed E-state index contributed by atoms with van der Waals surface area (Å²) in [5.74, 6) is 0. The van der Waals surface area contributed by atoms with Crippen LogP contribution in [0, 0.1) is 0 Å². The number of carbonyl (C=O) groups is 1. The van der Waals surface area contributed by atoms with Crippen molar-refractivity contribution in [2.24, 2.45) is 0 Å². The number of imidazole rings is 1. The second kappa shape index (κ2) is 6.17. The van der Waals surface area contributed by atoms with Crippen molar-refractivity contribution in [3.63, 3.8) is 0 Å². The van der Waals surface area contributed by atoms with E-state index in [4.69, 9.17) is 0 Å². The fraction of sp³-hybridized carbons (Fsp3) is 0. The fourth-order valence-electron chi connectivity index (χ4n) is 2.45. The average molecular weight is 334 g/mol. The van der Waals surface area contributed by atoms with Gasteiger partial charge < -0.3 is 9.72 Å². The van der Waals surface area contributed by atoms with E-state index >= 15 is 0 Å². The summed E-state index contributed by atoms with van der Waals surface area (Å²) in [6.45, 7) is 0. The molecule has 0 radical (unpaired) electrons. The molecule has 0 saturated carbocycles. The number of nitrogens with one attached hydrogen (secondary N) is 2. The number of benzene rings is 1. The third kappa shape index (κ3) is 3.00. The molecule has 6 heteroatoms. The normalized spacial score (nSPS) is 10.7. The van der Waals surface area contributed by atoms with Gasteiger partial charge in [-0.15, -0.1) is 11.3 Å². The summed E-state index contributed by atoms with van der Waals surface area (Å²) in [6, 6.07) is 17.0. The second-order valence-corrected chi connectivity index (χ2v) is 6.18. The molecule has 1 aromatic carbocycles. The zero-order valence-electron chi connectivity index (χ0n) is 12.6. The number of aromatic nitrogens is 2. The minimum absolute atomic E-state index is 0.260. The Balaban J connectivity index is 1.55. The molecule has 0 aliphatic rings. The molecule has 2 amide bonds. The molecule has 3 aromatic heterocycles. The Hall–Kier alpha value is -3.12. The number of nitrogens with zero attached hydrogens (tertiary/aromatic N) is 2. The first kappa shape index (κ1) is 14.5. The first-order valence-corrected chi connectivity index (χ1v) is 8.31. The van der Waals surface area contributed by atoms with Crippen LogP contribution in [0.2, 0.25) is 0 Å². The van der Waals surface area contributed by atoms with Crippen molar-refractivity contribution in [1.29, 1.82) is 0 Å². The molecule has 0 unspecified atom stereocenters. The van der Waals surface area contributed by atoms with Gasteiger partial charge >= 0.3 is 6.03 Å². The lowest BCUT2D eigenvalue weighted by Gasteiger charge is -2.07. The minimum atomic E-state index is -0.260. The van der Waals surface area contributed by atoms with E-state index < -0.39 is 0 Å². The summed E-state index contributed by atoms with van der Waals surface area (Å²) in [7, 11) is 0. The lowest BCUT2D eigenvalue weighted by Crippen LogP contribution is -2.18. The molecular weight excluding hydrogens is 320 g/mol. The molecule has 0 saturated heterocycles. The van der Waals surface area contributed by atoms with E-state index in [1.807, 2.05) is 76.8 Å². The molecule has 0 bridgehead atoms. The van der Waals surface area contributed by atoms with Crippen LogP contribution in [-0.4, -0.2) is 15.4 Å². The van der Waals surface area contributed by atoms with Crippen molar-refractivity contribution in [2.75, 3.05) is 10.6 Å². The van der Waals surface area contributed by atoms with Gasteiger partial charge in [0.15, 0.2) is 0 Å². The van der Waals surface area contributed by atoms with Crippen molar-refractivity contribution < 1.29 is 4.79 Å². The SMILES string of the molecule is O=C(Nc1cccc(-c2cn3ccccc3n2)c1)Nc1cccs1. The number of rotatable bonds is 3. The highest BCUT2D eigenvalue weighted by Gasteiger charge is 2.07. The van der Waals surface area contributed by atoms with Crippen LogP contribution in [-0.2, 0) is 0 Å². The molecule has 3 heterocycles. The zero-order valence-corrected chi connectivity index (χ0v) is 13.5. The Morgan fingerprint density at radius 3 is 2.83 bits per heavy atom. The van der Waals surface area contributed by atoms with Gasteiger partial charge in [-0.05, 0) is 41.8 Å². The molecule has 4 aromatic rings. The van der Waals surface area contributed by atoms with Crippen LogP contribution in [0.4, 0.5) is 15.5 Å². The van der Waals surface area contributed by atoms with Gasteiger partial charge in [0.1, 0.15) is 5.65 Å². The van der Waals surface area contributed by atoms with E-state index in [9.17, 15) is 4.79 Å². The van der Waals surface area contributed by atoms with Crippen LogP contribution in [0.1, 0.15) is 0 Å². The number of anilines is 2. The zero-order chi connectivity index (χ0) is 16.4. The summed E-state index contributed by atoms with van der Waals surface area (Å²) in [5, 5.41) is 8.37. The molecule has 2 N–H and O–H groups in total. The van der Waals surface area contributed by atoms with Crippen LogP contribution in [0.15, 0.2) is 72.4 Å². The topological polar surface area (TPSA) is 58.4 Å². The molecule has 5 nitrogen and oxygen atoms in total. The van der Waals surface area contributed by atoms with Crippen LogP contribution in [0.5, 0.6) is 0 Å². The molecule has 0 atom stereocenters. The number of urea groups is 1. The number of hydrogen-bond donors (Lipinski definition) is 2. The van der Waals surface area contributed by atoms with E-state index in [1.165, 1.54) is 11.3 Å². The molecule has 0 spiro atoms. The molecule has 4 rings (SSSR count). The quantitative estimate of drug-likeness (QED) is 0.570. The van der Waals surface area contributed by atoms with E-state index in [1.54, 1.807) is 0 Å². The van der Waals surface area contributed by atoms with Crippen LogP contribution >= 0.6 is 11.3 Å². The Morgan fingerprint density at radius 2 is 2.00 bits per heavy atom. The Labute approximate surface area is 142 Å². The van der Waals surface area contributed by atoms with Crippen LogP contribution in [0.25, 0.3) is 16.9 Å². The second-order valence-electron chi connectivity index (χ2n) is 5.23. The standard InChI is InChI=1S/C18H14N4OS/c23-18(21-17-8-4-10-24-17)19-14-6-3-5-13(11-14)15-12-22-9-2-1-7-16(22)20-15/h1-12H,(H2,19,21,23). The van der Waals surface area contributed by atoms with Gasteiger partial charge in [0.2, 0.25) is 0 Å². The minimum Gasteiger partial charge on any atom is -0.308 e. The predicted molar refractivity (Wildman–Crippen MR) is 97.6 cm³/mol. The fourth-order valence-corrected chi connectivity index (χ4v) is 3.07. The van der Waals surface area contributed by atoms with Gasteiger partial charge in [-0.1, -0.05) is 18.2 Å². The third-order valence-electron chi connectivity index (χ3n) is 3.54. The van der Waals surface area contributed by atoms with Crippen molar-refractivity contribution in [2.45, 2.75) is 0 Å². The van der Waals surface area contributed by atoms with Gasteiger partial charge in [-0.2, -0.15) is 0 Å². The van der Waals surface area contributed by atoms with Crippen LogP contribution < -0.4 is 10.6 Å². The lowest BCUT2D eigenvalue weighted by molar-refractivity contribution is 0.262. The number of thiophene rings is 1. The maximum atomic E-state index is 12.0. The molecule has 24 heavy (non-hydrogen) atoms. The number of fused-ring (bicyclic) bond motifs is 1. The highest BCUT2D eigenvalue weighted by molar-refractivity contribution is 7.14. The Morgan fingerprint density at radius 1 is 1.04 bits per heavy atom. The number of carbonyl (C=O) groups excluding carboxylic acids is 1. The maximum Gasteiger partial charge on any atom is 0.324 e. The summed E-state index contributed by atoms with van der Waals surface area (Å²) in [6.07, 6.45) is 3.93. The summed E-state index contributed by atoms with van der Waals surface area (Å²) < 4.78 is 1.97. The monoisotopic (exact) mass is 334 g/mol. The number of hydrogen-bond acceptors (Lipinski definition) is 3. The Bertz CT molecular complexity index is 958. The van der Waals surface area contributed by atoms with Crippen LogP contribution in [0.3, 0.4) is 0 Å². The molecular formula is C18H14N4OS. The molecule has 0 aliphatic carbocycles. The largest absolute Gasteiger partial charge is 0.324 e. The third-order valence-corrected chi connectivity index (χ3v) is 4.32. The number of pyridine rings is 1. The average Bonchev–Trinajstić information content (AvgIpc) is 3.24. The van der Waals surface area contributed by atoms with E-state index in [2.05, 4.69) is 15.6 Å². The van der Waals surface area contributed by atoms with E-state index in [-0.39, 0.29) is 6.03 Å². The highest BCUT2D eigenvalue weighted by Crippen LogP contribution is 2.23. The summed E-state index contributed by atoms with van der Waals surface area (Å²) in [4.78, 5) is 16.6. The van der Waals surface area contributed by atoms with E-state index in [0.29, 0.717) is 0 Å². The predicted octanol–water partition coefficient (Wildman–Crippen LogP) is 4.71. The smallest absolute Gasteiger partial charge is 0.308 e. The van der Waals surface area contributed by atoms with Crippen molar-refractivity contribution in [3.8, 4) is 11.3 Å². The molecule has 118 valence electrons. The lowest BCUT2D eigenvalue weighted by atomic mass is 10.1. The first-order valence-electron chi connectivity index (χ1n) is 7.44. The van der Waals surface area contributed by atoms with Crippen molar-refractivity contribution in [1.82, 2.24) is 9.38 Å². The van der Waals surface area contributed by atoms with Gasteiger partial charge in [-0.3, -0.25) is 5.32 Å². The molecule has 0 fully saturated rings. The summed E-state index contributed by atoms with van der Waals surface area (Å²) >= 11 is 1.48.